The third kappa shape index (κ3) is 3.75. The van der Waals surface area contributed by atoms with Crippen molar-refractivity contribution in [3.05, 3.63) is 39.7 Å². The predicted octanol–water partition coefficient (Wildman–Crippen LogP) is 2.42. The van der Waals surface area contributed by atoms with E-state index >= 15 is 0 Å². The summed E-state index contributed by atoms with van der Waals surface area (Å²) in [6.07, 6.45) is 1.33. The molecule has 0 aromatic heterocycles. The minimum atomic E-state index is -0.955. The van der Waals surface area contributed by atoms with E-state index in [9.17, 15) is 19.3 Å². The number of carbonyl (C=O) groups is 1. The van der Waals surface area contributed by atoms with Crippen LogP contribution in [0.3, 0.4) is 0 Å². The van der Waals surface area contributed by atoms with E-state index in [4.69, 9.17) is 4.74 Å². The van der Waals surface area contributed by atoms with Crippen LogP contribution >= 0.6 is 0 Å². The zero-order valence-corrected chi connectivity index (χ0v) is 11.9. The van der Waals surface area contributed by atoms with Crippen molar-refractivity contribution in [3.8, 4) is 0 Å². The van der Waals surface area contributed by atoms with Crippen molar-refractivity contribution < 1.29 is 18.8 Å². The quantitative estimate of drug-likeness (QED) is 0.686. The van der Waals surface area contributed by atoms with E-state index in [1.54, 1.807) is 0 Å². The van der Waals surface area contributed by atoms with E-state index in [1.165, 1.54) is 6.07 Å². The lowest BCUT2D eigenvalue weighted by Crippen LogP contribution is -2.45. The summed E-state index contributed by atoms with van der Waals surface area (Å²) in [5.74, 6) is -1.40. The molecule has 7 heteroatoms. The molecule has 1 aromatic carbocycles. The minimum absolute atomic E-state index is 0.0645. The Morgan fingerprint density at radius 2 is 2.24 bits per heavy atom. The number of nitrogens with one attached hydrogen (secondary N) is 1. The number of halogens is 1. The molecule has 1 aliphatic heterocycles. The van der Waals surface area contributed by atoms with Gasteiger partial charge in [0.15, 0.2) is 0 Å². The van der Waals surface area contributed by atoms with Crippen LogP contribution in [0.5, 0.6) is 0 Å². The van der Waals surface area contributed by atoms with Gasteiger partial charge < -0.3 is 10.1 Å². The number of rotatable bonds is 3. The largest absolute Gasteiger partial charge is 0.375 e. The van der Waals surface area contributed by atoms with Crippen molar-refractivity contribution in [1.29, 1.82) is 0 Å². The van der Waals surface area contributed by atoms with Gasteiger partial charge in [0.05, 0.1) is 10.5 Å². The normalized spacial score (nSPS) is 20.8. The smallest absolute Gasteiger partial charge is 0.305 e. The molecule has 1 aliphatic rings. The second kappa shape index (κ2) is 5.77. The number of nitrogens with zero attached hydrogens (tertiary/aromatic N) is 1. The van der Waals surface area contributed by atoms with E-state index in [1.807, 2.05) is 13.8 Å². The van der Waals surface area contributed by atoms with E-state index < -0.39 is 22.3 Å². The van der Waals surface area contributed by atoms with Crippen molar-refractivity contribution in [2.45, 2.75) is 38.3 Å². The van der Waals surface area contributed by atoms with Crippen molar-refractivity contribution in [1.82, 2.24) is 5.32 Å². The molecular formula is C14H17FN2O4. The van der Waals surface area contributed by atoms with Crippen molar-refractivity contribution in [3.63, 3.8) is 0 Å². The van der Waals surface area contributed by atoms with Crippen LogP contribution in [-0.2, 0) is 4.74 Å². The molecule has 1 heterocycles. The maximum absolute atomic E-state index is 13.3. The van der Waals surface area contributed by atoms with Crippen molar-refractivity contribution >= 4 is 11.6 Å². The number of benzene rings is 1. The van der Waals surface area contributed by atoms with Crippen LogP contribution in [0.15, 0.2) is 18.2 Å². The molecule has 0 saturated carbocycles. The molecule has 6 nitrogen and oxygen atoms in total. The molecular weight excluding hydrogens is 279 g/mol. The van der Waals surface area contributed by atoms with Crippen LogP contribution < -0.4 is 5.32 Å². The maximum Gasteiger partial charge on any atom is 0.305 e. The highest BCUT2D eigenvalue weighted by Crippen LogP contribution is 2.24. The Kier molecular flexibility index (Phi) is 4.22. The minimum Gasteiger partial charge on any atom is -0.375 e. The molecule has 1 aromatic rings. The summed E-state index contributed by atoms with van der Waals surface area (Å²) in [7, 11) is 0. The van der Waals surface area contributed by atoms with Gasteiger partial charge in [0.25, 0.3) is 5.91 Å². The Hall–Kier alpha value is -2.02. The predicted molar refractivity (Wildman–Crippen MR) is 73.6 cm³/mol. The molecule has 1 amide bonds. The van der Waals surface area contributed by atoms with Crippen molar-refractivity contribution in [2.75, 3.05) is 6.61 Å². The Bertz CT molecular complexity index is 574. The van der Waals surface area contributed by atoms with Gasteiger partial charge >= 0.3 is 5.69 Å². The average Bonchev–Trinajstić information content (AvgIpc) is 2.37. The first-order valence-corrected chi connectivity index (χ1v) is 6.67. The topological polar surface area (TPSA) is 81.5 Å². The van der Waals surface area contributed by atoms with E-state index in [0.29, 0.717) is 19.4 Å². The van der Waals surface area contributed by atoms with E-state index in [-0.39, 0.29) is 17.2 Å². The molecule has 1 N–H and O–H groups in total. The van der Waals surface area contributed by atoms with Gasteiger partial charge in [0.1, 0.15) is 0 Å². The second-order valence-electron chi connectivity index (χ2n) is 5.69. The van der Waals surface area contributed by atoms with Crippen LogP contribution in [0, 0.1) is 15.9 Å². The summed E-state index contributed by atoms with van der Waals surface area (Å²) in [6, 6.07) is 3.06. The Morgan fingerprint density at radius 1 is 1.52 bits per heavy atom. The zero-order valence-electron chi connectivity index (χ0n) is 11.9. The lowest BCUT2D eigenvalue weighted by atomic mass is 9.94. The van der Waals surface area contributed by atoms with Gasteiger partial charge in [0.2, 0.25) is 5.82 Å². The highest BCUT2D eigenvalue weighted by molar-refractivity contribution is 5.95. The lowest BCUT2D eigenvalue weighted by molar-refractivity contribution is -0.387. The van der Waals surface area contributed by atoms with E-state index in [2.05, 4.69) is 5.32 Å². The highest BCUT2D eigenvalue weighted by Gasteiger charge is 2.30. The van der Waals surface area contributed by atoms with Gasteiger partial charge in [-0.05, 0) is 38.8 Å². The third-order valence-electron chi connectivity index (χ3n) is 3.44. The van der Waals surface area contributed by atoms with Crippen LogP contribution in [0.1, 0.15) is 37.0 Å². The molecule has 1 fully saturated rings. The summed E-state index contributed by atoms with van der Waals surface area (Å²) in [5, 5.41) is 13.5. The monoisotopic (exact) mass is 296 g/mol. The third-order valence-corrected chi connectivity index (χ3v) is 3.44. The molecule has 0 radical (unpaired) electrons. The summed E-state index contributed by atoms with van der Waals surface area (Å²) in [5.41, 5.74) is -0.937. The summed E-state index contributed by atoms with van der Waals surface area (Å²) in [6.45, 7) is 4.42. The molecule has 114 valence electrons. The molecule has 1 atom stereocenters. The first kappa shape index (κ1) is 15.4. The fraction of sp³-hybridized carbons (Fsp3) is 0.500. The first-order chi connectivity index (χ1) is 9.78. The SMILES string of the molecule is CC1(C)CC(NC(=O)c2ccc(F)c([N+](=O)[O-])c2)CCO1. The van der Waals surface area contributed by atoms with Crippen LogP contribution in [0.2, 0.25) is 0 Å². The maximum atomic E-state index is 13.3. The van der Waals surface area contributed by atoms with Gasteiger partial charge in [-0.3, -0.25) is 14.9 Å². The van der Waals surface area contributed by atoms with E-state index in [0.717, 1.165) is 12.1 Å². The van der Waals surface area contributed by atoms with Crippen LogP contribution in [0.4, 0.5) is 10.1 Å². The van der Waals surface area contributed by atoms with Crippen molar-refractivity contribution in [2.24, 2.45) is 0 Å². The number of hydrogen-bond donors (Lipinski definition) is 1. The summed E-state index contributed by atoms with van der Waals surface area (Å²) < 4.78 is 18.8. The lowest BCUT2D eigenvalue weighted by Gasteiger charge is -2.35. The van der Waals surface area contributed by atoms with Gasteiger partial charge in [-0.1, -0.05) is 0 Å². The molecule has 2 rings (SSSR count). The molecule has 1 unspecified atom stereocenters. The number of hydrogen-bond acceptors (Lipinski definition) is 4. The van der Waals surface area contributed by atoms with Gasteiger partial charge in [-0.15, -0.1) is 0 Å². The number of nitro benzene ring substituents is 1. The molecule has 21 heavy (non-hydrogen) atoms. The fourth-order valence-electron chi connectivity index (χ4n) is 2.42. The number of amides is 1. The summed E-state index contributed by atoms with van der Waals surface area (Å²) >= 11 is 0. The first-order valence-electron chi connectivity index (χ1n) is 6.67. The Balaban J connectivity index is 2.10. The molecule has 0 bridgehead atoms. The fourth-order valence-corrected chi connectivity index (χ4v) is 2.42. The number of ether oxygens (including phenoxy) is 1. The standard InChI is InChI=1S/C14H17FN2O4/c1-14(2)8-10(5-6-21-14)16-13(18)9-3-4-11(15)12(7-9)17(19)20/h3-4,7,10H,5-6,8H2,1-2H3,(H,16,18). The zero-order chi connectivity index (χ0) is 15.6. The molecule has 0 aliphatic carbocycles. The van der Waals surface area contributed by atoms with Crippen LogP contribution in [0.25, 0.3) is 0 Å². The Labute approximate surface area is 121 Å². The molecule has 1 saturated heterocycles. The Morgan fingerprint density at radius 3 is 2.86 bits per heavy atom. The van der Waals surface area contributed by atoms with Gasteiger partial charge in [-0.2, -0.15) is 4.39 Å². The number of nitro groups is 1. The van der Waals surface area contributed by atoms with Gasteiger partial charge in [-0.25, -0.2) is 0 Å². The average molecular weight is 296 g/mol. The molecule has 0 spiro atoms. The van der Waals surface area contributed by atoms with Crippen LogP contribution in [-0.4, -0.2) is 29.1 Å². The second-order valence-corrected chi connectivity index (χ2v) is 5.69. The van der Waals surface area contributed by atoms with Gasteiger partial charge in [0, 0.05) is 24.3 Å². The number of carbonyl (C=O) groups excluding carboxylic acids is 1. The summed E-state index contributed by atoms with van der Waals surface area (Å²) in [4.78, 5) is 22.0. The highest BCUT2D eigenvalue weighted by atomic mass is 19.1.